The molecule has 0 aromatic heterocycles. The zero-order valence-electron chi connectivity index (χ0n) is 11.3. The van der Waals surface area contributed by atoms with Crippen LogP contribution in [0.3, 0.4) is 0 Å². The molecule has 3 unspecified atom stereocenters. The first-order chi connectivity index (χ1) is 7.65. The molecule has 2 nitrogen and oxygen atoms in total. The molecule has 0 heterocycles. The maximum Gasteiger partial charge on any atom is -0.00179 e. The minimum atomic E-state index is 0.784. The molecule has 0 aromatic rings. The van der Waals surface area contributed by atoms with Crippen molar-refractivity contribution in [3.63, 3.8) is 0 Å². The number of rotatable bonds is 9. The molecule has 0 aromatic carbocycles. The number of hydrogen-bond acceptors (Lipinski definition) is 2. The molecule has 0 bridgehead atoms. The van der Waals surface area contributed by atoms with Crippen LogP contribution in [0.2, 0.25) is 0 Å². The Bertz CT molecular complexity index is 180. The summed E-state index contributed by atoms with van der Waals surface area (Å²) in [5.41, 5.74) is 5.65. The molecule has 0 saturated heterocycles. The molecule has 0 radical (unpaired) electrons. The standard InChI is InChI=1S/C14H30N2/c1-11(2)13(6-7-15)5-4-8-16-10-14-9-12(14)3/h11-14,16H,4-10,15H2,1-3H3. The normalized spacial score (nSPS) is 26.1. The molecule has 2 heteroatoms. The van der Waals surface area contributed by atoms with Gasteiger partial charge in [-0.3, -0.25) is 0 Å². The van der Waals surface area contributed by atoms with E-state index in [2.05, 4.69) is 26.1 Å². The van der Waals surface area contributed by atoms with Gasteiger partial charge in [-0.15, -0.1) is 0 Å². The summed E-state index contributed by atoms with van der Waals surface area (Å²) >= 11 is 0. The van der Waals surface area contributed by atoms with Crippen molar-refractivity contribution in [2.45, 2.75) is 46.5 Å². The average Bonchev–Trinajstić information content (AvgIpc) is 2.92. The maximum absolute atomic E-state index is 5.65. The highest BCUT2D eigenvalue weighted by Gasteiger charge is 2.31. The van der Waals surface area contributed by atoms with E-state index >= 15 is 0 Å². The van der Waals surface area contributed by atoms with Gasteiger partial charge in [0, 0.05) is 0 Å². The van der Waals surface area contributed by atoms with Gasteiger partial charge in [0.1, 0.15) is 0 Å². The topological polar surface area (TPSA) is 38.0 Å². The lowest BCUT2D eigenvalue weighted by atomic mass is 9.88. The quantitative estimate of drug-likeness (QED) is 0.593. The van der Waals surface area contributed by atoms with Gasteiger partial charge >= 0.3 is 0 Å². The van der Waals surface area contributed by atoms with E-state index in [4.69, 9.17) is 5.73 Å². The van der Waals surface area contributed by atoms with Gasteiger partial charge in [-0.05, 0) is 69.0 Å². The molecule has 16 heavy (non-hydrogen) atoms. The van der Waals surface area contributed by atoms with E-state index in [0.29, 0.717) is 0 Å². The zero-order chi connectivity index (χ0) is 12.0. The van der Waals surface area contributed by atoms with Crippen LogP contribution in [-0.4, -0.2) is 19.6 Å². The fourth-order valence-corrected chi connectivity index (χ4v) is 2.49. The number of hydrogen-bond donors (Lipinski definition) is 2. The molecule has 1 fully saturated rings. The smallest absolute Gasteiger partial charge is 0.00179 e. The van der Waals surface area contributed by atoms with E-state index in [0.717, 1.165) is 30.2 Å². The summed E-state index contributed by atoms with van der Waals surface area (Å²) in [5.74, 6) is 3.57. The van der Waals surface area contributed by atoms with Crippen molar-refractivity contribution in [2.75, 3.05) is 19.6 Å². The van der Waals surface area contributed by atoms with Crippen molar-refractivity contribution in [1.82, 2.24) is 5.32 Å². The molecule has 96 valence electrons. The Morgan fingerprint density at radius 2 is 2.00 bits per heavy atom. The Hall–Kier alpha value is -0.0800. The molecular formula is C14H30N2. The molecule has 3 N–H and O–H groups in total. The maximum atomic E-state index is 5.65. The molecule has 1 aliphatic rings. The fraction of sp³-hybridized carbons (Fsp3) is 1.00. The summed E-state index contributed by atoms with van der Waals surface area (Å²) in [7, 11) is 0. The summed E-state index contributed by atoms with van der Waals surface area (Å²) in [5, 5.41) is 3.58. The van der Waals surface area contributed by atoms with Gasteiger partial charge in [0.2, 0.25) is 0 Å². The minimum Gasteiger partial charge on any atom is -0.330 e. The molecule has 1 saturated carbocycles. The highest BCUT2D eigenvalue weighted by Crippen LogP contribution is 2.36. The van der Waals surface area contributed by atoms with Gasteiger partial charge in [-0.2, -0.15) is 0 Å². The van der Waals surface area contributed by atoms with Crippen LogP contribution in [0.25, 0.3) is 0 Å². The molecule has 0 aliphatic heterocycles. The summed E-state index contributed by atoms with van der Waals surface area (Å²) in [6.07, 6.45) is 5.28. The Balaban J connectivity index is 1.95. The van der Waals surface area contributed by atoms with Gasteiger partial charge in [0.15, 0.2) is 0 Å². The summed E-state index contributed by atoms with van der Waals surface area (Å²) < 4.78 is 0. The molecule has 1 aliphatic carbocycles. The van der Waals surface area contributed by atoms with E-state index in [9.17, 15) is 0 Å². The van der Waals surface area contributed by atoms with E-state index in [-0.39, 0.29) is 0 Å². The lowest BCUT2D eigenvalue weighted by molar-refractivity contribution is 0.330. The van der Waals surface area contributed by atoms with Crippen LogP contribution in [0.4, 0.5) is 0 Å². The second-order valence-corrected chi connectivity index (χ2v) is 5.90. The third-order valence-corrected chi connectivity index (χ3v) is 4.09. The Morgan fingerprint density at radius 1 is 1.31 bits per heavy atom. The SMILES string of the molecule is CC(C)C(CCN)CCCNCC1CC1C. The highest BCUT2D eigenvalue weighted by atomic mass is 14.9. The van der Waals surface area contributed by atoms with Crippen LogP contribution in [0, 0.1) is 23.7 Å². The van der Waals surface area contributed by atoms with Crippen molar-refractivity contribution in [1.29, 1.82) is 0 Å². The number of nitrogens with one attached hydrogen (secondary N) is 1. The van der Waals surface area contributed by atoms with Gasteiger partial charge in [-0.1, -0.05) is 20.8 Å². The molecule has 1 rings (SSSR count). The minimum absolute atomic E-state index is 0.784. The zero-order valence-corrected chi connectivity index (χ0v) is 11.3. The molecule has 3 atom stereocenters. The summed E-state index contributed by atoms with van der Waals surface area (Å²) in [6, 6.07) is 0. The van der Waals surface area contributed by atoms with Gasteiger partial charge in [0.25, 0.3) is 0 Å². The van der Waals surface area contributed by atoms with Crippen LogP contribution < -0.4 is 11.1 Å². The monoisotopic (exact) mass is 226 g/mol. The first-order valence-corrected chi connectivity index (χ1v) is 7.06. The molecular weight excluding hydrogens is 196 g/mol. The van der Waals surface area contributed by atoms with Gasteiger partial charge < -0.3 is 11.1 Å². The third kappa shape index (κ3) is 5.31. The largest absolute Gasteiger partial charge is 0.330 e. The summed E-state index contributed by atoms with van der Waals surface area (Å²) in [4.78, 5) is 0. The van der Waals surface area contributed by atoms with Crippen LogP contribution in [0.5, 0.6) is 0 Å². The van der Waals surface area contributed by atoms with Crippen LogP contribution in [0.15, 0.2) is 0 Å². The Morgan fingerprint density at radius 3 is 2.50 bits per heavy atom. The second kappa shape index (κ2) is 7.29. The fourth-order valence-electron chi connectivity index (χ4n) is 2.49. The highest BCUT2D eigenvalue weighted by molar-refractivity contribution is 4.83. The van der Waals surface area contributed by atoms with Crippen LogP contribution in [0.1, 0.15) is 46.5 Å². The van der Waals surface area contributed by atoms with Crippen molar-refractivity contribution in [3.05, 3.63) is 0 Å². The van der Waals surface area contributed by atoms with E-state index < -0.39 is 0 Å². The average molecular weight is 226 g/mol. The predicted octanol–water partition coefficient (Wildman–Crippen LogP) is 2.63. The van der Waals surface area contributed by atoms with Gasteiger partial charge in [0.05, 0.1) is 0 Å². The first kappa shape index (κ1) is 14.0. The molecule has 0 amide bonds. The predicted molar refractivity (Wildman–Crippen MR) is 71.4 cm³/mol. The van der Waals surface area contributed by atoms with Crippen LogP contribution in [-0.2, 0) is 0 Å². The first-order valence-electron chi connectivity index (χ1n) is 7.06. The van der Waals surface area contributed by atoms with Crippen molar-refractivity contribution >= 4 is 0 Å². The van der Waals surface area contributed by atoms with E-state index in [1.165, 1.54) is 38.8 Å². The Labute approximate surface area is 101 Å². The summed E-state index contributed by atoms with van der Waals surface area (Å²) in [6.45, 7) is 10.3. The molecule has 0 spiro atoms. The van der Waals surface area contributed by atoms with Gasteiger partial charge in [-0.25, -0.2) is 0 Å². The van der Waals surface area contributed by atoms with Crippen molar-refractivity contribution in [3.8, 4) is 0 Å². The third-order valence-electron chi connectivity index (χ3n) is 4.09. The lowest BCUT2D eigenvalue weighted by Crippen LogP contribution is -2.21. The van der Waals surface area contributed by atoms with Crippen molar-refractivity contribution in [2.24, 2.45) is 29.4 Å². The second-order valence-electron chi connectivity index (χ2n) is 5.90. The van der Waals surface area contributed by atoms with E-state index in [1.54, 1.807) is 0 Å². The van der Waals surface area contributed by atoms with Crippen molar-refractivity contribution < 1.29 is 0 Å². The van der Waals surface area contributed by atoms with E-state index in [1.807, 2.05) is 0 Å². The number of nitrogens with two attached hydrogens (primary N) is 1. The Kier molecular flexibility index (Phi) is 6.37. The lowest BCUT2D eigenvalue weighted by Gasteiger charge is -2.20. The van der Waals surface area contributed by atoms with Crippen LogP contribution >= 0.6 is 0 Å².